The molecule has 1 fully saturated rings. The number of ether oxygens (including phenoxy) is 1. The zero-order valence-corrected chi connectivity index (χ0v) is 17.1. The van der Waals surface area contributed by atoms with E-state index in [1.165, 1.54) is 17.5 Å². The quantitative estimate of drug-likeness (QED) is 0.625. The number of hydrogen-bond acceptors (Lipinski definition) is 6. The van der Waals surface area contributed by atoms with Crippen LogP contribution >= 0.6 is 0 Å². The normalized spacial score (nSPS) is 16.0. The van der Waals surface area contributed by atoms with E-state index in [9.17, 15) is 18.4 Å². The fourth-order valence-corrected chi connectivity index (χ4v) is 3.86. The lowest BCUT2D eigenvalue weighted by Gasteiger charge is -2.26. The van der Waals surface area contributed by atoms with Crippen LogP contribution < -0.4 is 10.2 Å². The molecule has 0 spiro atoms. The zero-order valence-electron chi connectivity index (χ0n) is 17.1. The zero-order chi connectivity index (χ0) is 22.1. The number of carbonyl (C=O) groups is 2. The predicted molar refractivity (Wildman–Crippen MR) is 109 cm³/mol. The van der Waals surface area contributed by atoms with E-state index in [4.69, 9.17) is 4.74 Å². The van der Waals surface area contributed by atoms with E-state index in [1.54, 1.807) is 19.2 Å². The third-order valence-corrected chi connectivity index (χ3v) is 5.11. The van der Waals surface area contributed by atoms with E-state index in [0.717, 1.165) is 18.6 Å². The first-order valence-corrected chi connectivity index (χ1v) is 9.94. The Morgan fingerprint density at radius 2 is 2.10 bits per heavy atom. The molecule has 0 radical (unpaired) electrons. The maximum atomic E-state index is 14.4. The fourth-order valence-electron chi connectivity index (χ4n) is 3.86. The largest absolute Gasteiger partial charge is 0.462 e. The summed E-state index contributed by atoms with van der Waals surface area (Å²) in [7, 11) is 0. The minimum absolute atomic E-state index is 0.0339. The van der Waals surface area contributed by atoms with Gasteiger partial charge in [-0.2, -0.15) is 0 Å². The van der Waals surface area contributed by atoms with Gasteiger partial charge in [-0.3, -0.25) is 4.79 Å². The van der Waals surface area contributed by atoms with Crippen molar-refractivity contribution in [2.75, 3.05) is 23.4 Å². The van der Waals surface area contributed by atoms with Crippen molar-refractivity contribution < 1.29 is 23.1 Å². The SMILES string of the molecule is CCOC(=O)c1c(NC(C)=O)nn2ccc(N3CCC[C@@H]3c3cc(F)ccc3F)nc12. The first-order valence-electron chi connectivity index (χ1n) is 9.94. The van der Waals surface area contributed by atoms with E-state index < -0.39 is 29.6 Å². The van der Waals surface area contributed by atoms with Gasteiger partial charge in [0.05, 0.1) is 12.6 Å². The summed E-state index contributed by atoms with van der Waals surface area (Å²) in [5, 5.41) is 6.74. The minimum atomic E-state index is -0.667. The van der Waals surface area contributed by atoms with Crippen LogP contribution in [-0.4, -0.2) is 39.6 Å². The highest BCUT2D eigenvalue weighted by molar-refractivity contribution is 6.04. The van der Waals surface area contributed by atoms with Crippen LogP contribution in [0.25, 0.3) is 5.65 Å². The maximum absolute atomic E-state index is 14.4. The molecule has 0 unspecified atom stereocenters. The van der Waals surface area contributed by atoms with Gasteiger partial charge in [-0.05, 0) is 44.0 Å². The third-order valence-electron chi connectivity index (χ3n) is 5.11. The van der Waals surface area contributed by atoms with Crippen molar-refractivity contribution in [2.45, 2.75) is 32.7 Å². The number of rotatable bonds is 5. The summed E-state index contributed by atoms with van der Waals surface area (Å²) in [5.74, 6) is -1.52. The van der Waals surface area contributed by atoms with Gasteiger partial charge in [-0.1, -0.05) is 0 Å². The third kappa shape index (κ3) is 3.92. The van der Waals surface area contributed by atoms with Crippen molar-refractivity contribution in [1.29, 1.82) is 0 Å². The molecule has 0 bridgehead atoms. The van der Waals surface area contributed by atoms with Crippen LogP contribution in [0.1, 0.15) is 48.7 Å². The van der Waals surface area contributed by atoms with Crippen LogP contribution in [0, 0.1) is 11.6 Å². The molecule has 4 rings (SSSR count). The Bertz CT molecular complexity index is 1160. The second kappa shape index (κ2) is 8.29. The molecule has 1 aliphatic heterocycles. The monoisotopic (exact) mass is 429 g/mol. The Balaban J connectivity index is 1.79. The number of amides is 1. The summed E-state index contributed by atoms with van der Waals surface area (Å²) < 4.78 is 34.7. The maximum Gasteiger partial charge on any atom is 0.345 e. The van der Waals surface area contributed by atoms with E-state index in [2.05, 4.69) is 15.4 Å². The number of nitrogens with one attached hydrogen (secondary N) is 1. The molecule has 31 heavy (non-hydrogen) atoms. The van der Waals surface area contributed by atoms with Crippen molar-refractivity contribution in [3.05, 3.63) is 53.2 Å². The van der Waals surface area contributed by atoms with Gasteiger partial charge in [-0.25, -0.2) is 23.1 Å². The van der Waals surface area contributed by atoms with E-state index in [1.807, 2.05) is 4.90 Å². The topological polar surface area (TPSA) is 88.8 Å². The van der Waals surface area contributed by atoms with Gasteiger partial charge in [0.25, 0.3) is 0 Å². The van der Waals surface area contributed by atoms with Gasteiger partial charge in [0.15, 0.2) is 11.5 Å². The van der Waals surface area contributed by atoms with Crippen molar-refractivity contribution in [3.63, 3.8) is 0 Å². The van der Waals surface area contributed by atoms with Crippen LogP contribution in [0.2, 0.25) is 0 Å². The molecule has 1 saturated heterocycles. The number of carbonyl (C=O) groups excluding carboxylic acids is 2. The second-order valence-electron chi connectivity index (χ2n) is 7.20. The van der Waals surface area contributed by atoms with Crippen molar-refractivity contribution >= 4 is 29.2 Å². The molecule has 1 N–H and O–H groups in total. The molecular weight excluding hydrogens is 408 g/mol. The van der Waals surface area contributed by atoms with Crippen LogP contribution in [0.4, 0.5) is 20.4 Å². The molecule has 3 aromatic rings. The predicted octanol–water partition coefficient (Wildman–Crippen LogP) is 3.48. The lowest BCUT2D eigenvalue weighted by atomic mass is 10.0. The number of benzene rings is 1. The van der Waals surface area contributed by atoms with E-state index in [-0.39, 0.29) is 29.2 Å². The number of fused-ring (bicyclic) bond motifs is 1. The molecule has 162 valence electrons. The average molecular weight is 429 g/mol. The van der Waals surface area contributed by atoms with Gasteiger partial charge in [0, 0.05) is 25.2 Å². The summed E-state index contributed by atoms with van der Waals surface area (Å²) in [6.07, 6.45) is 3.01. The Hall–Kier alpha value is -3.56. The highest BCUT2D eigenvalue weighted by Gasteiger charge is 2.31. The highest BCUT2D eigenvalue weighted by Crippen LogP contribution is 2.37. The molecule has 3 heterocycles. The number of esters is 1. The van der Waals surface area contributed by atoms with Gasteiger partial charge in [0.2, 0.25) is 5.91 Å². The molecule has 0 saturated carbocycles. The van der Waals surface area contributed by atoms with Crippen molar-refractivity contribution in [1.82, 2.24) is 14.6 Å². The smallest absolute Gasteiger partial charge is 0.345 e. The van der Waals surface area contributed by atoms with Crippen LogP contribution in [0.5, 0.6) is 0 Å². The Morgan fingerprint density at radius 1 is 1.29 bits per heavy atom. The molecule has 0 aliphatic carbocycles. The number of anilines is 2. The average Bonchev–Trinajstić information content (AvgIpc) is 3.33. The first-order chi connectivity index (χ1) is 14.9. The summed E-state index contributed by atoms with van der Waals surface area (Å²) in [6.45, 7) is 3.71. The van der Waals surface area contributed by atoms with Crippen LogP contribution in [0.3, 0.4) is 0 Å². The summed E-state index contributed by atoms with van der Waals surface area (Å²) in [5.41, 5.74) is 0.494. The molecule has 1 amide bonds. The molecule has 2 aromatic heterocycles. The molecule has 8 nitrogen and oxygen atoms in total. The van der Waals surface area contributed by atoms with Crippen LogP contribution in [0.15, 0.2) is 30.5 Å². The lowest BCUT2D eigenvalue weighted by molar-refractivity contribution is -0.114. The van der Waals surface area contributed by atoms with Gasteiger partial charge >= 0.3 is 5.97 Å². The lowest BCUT2D eigenvalue weighted by Crippen LogP contribution is -2.24. The Morgan fingerprint density at radius 3 is 2.84 bits per heavy atom. The van der Waals surface area contributed by atoms with Crippen LogP contribution in [-0.2, 0) is 9.53 Å². The molecule has 1 atom stereocenters. The minimum Gasteiger partial charge on any atom is -0.462 e. The Kier molecular flexibility index (Phi) is 5.53. The van der Waals surface area contributed by atoms with Gasteiger partial charge < -0.3 is 15.0 Å². The van der Waals surface area contributed by atoms with Gasteiger partial charge in [-0.15, -0.1) is 5.10 Å². The number of nitrogens with zero attached hydrogens (tertiary/aromatic N) is 4. The second-order valence-corrected chi connectivity index (χ2v) is 7.20. The number of hydrogen-bond donors (Lipinski definition) is 1. The summed E-state index contributed by atoms with van der Waals surface area (Å²) >= 11 is 0. The van der Waals surface area contributed by atoms with Gasteiger partial charge in [0.1, 0.15) is 23.0 Å². The summed E-state index contributed by atoms with van der Waals surface area (Å²) in [6, 6.07) is 4.70. The number of halogens is 2. The van der Waals surface area contributed by atoms with E-state index >= 15 is 0 Å². The highest BCUT2D eigenvalue weighted by atomic mass is 19.1. The van der Waals surface area contributed by atoms with Crippen molar-refractivity contribution in [3.8, 4) is 0 Å². The number of aromatic nitrogens is 3. The van der Waals surface area contributed by atoms with Crippen molar-refractivity contribution in [2.24, 2.45) is 0 Å². The Labute approximate surface area is 176 Å². The first kappa shape index (κ1) is 20.7. The molecule has 1 aliphatic rings. The molecule has 1 aromatic carbocycles. The van der Waals surface area contributed by atoms with E-state index in [0.29, 0.717) is 18.8 Å². The molecule has 10 heteroatoms. The fraction of sp³-hybridized carbons (Fsp3) is 0.333. The molecular formula is C21H21F2N5O3. The standard InChI is InChI=1S/C21H21F2N5O3/c1-3-31-21(30)18-19(24-12(2)29)26-28-10-8-17(25-20(18)28)27-9-4-5-16(27)14-11-13(22)6-7-15(14)23/h6-8,10-11,16H,3-5,9H2,1-2H3,(H,24,26,29)/t16-/m1/s1. The summed E-state index contributed by atoms with van der Waals surface area (Å²) in [4.78, 5) is 30.5.